The van der Waals surface area contributed by atoms with Gasteiger partial charge >= 0.3 is 0 Å². The molecule has 0 fully saturated rings. The molecule has 6 nitrogen and oxygen atoms in total. The Morgan fingerprint density at radius 2 is 2.28 bits per heavy atom. The van der Waals surface area contributed by atoms with Gasteiger partial charge in [0.2, 0.25) is 0 Å². The van der Waals surface area contributed by atoms with Gasteiger partial charge in [-0.1, -0.05) is 12.1 Å². The topological polar surface area (TPSA) is 69.1 Å². The maximum Gasteiger partial charge on any atom is 0.261 e. The van der Waals surface area contributed by atoms with Gasteiger partial charge in [0.1, 0.15) is 0 Å². The SMILES string of the molecule is CCc1noc(-c2cccn3c(CCl)nnc23)n1. The van der Waals surface area contributed by atoms with Crippen molar-refractivity contribution in [3.05, 3.63) is 30.0 Å². The van der Waals surface area contributed by atoms with Crippen LogP contribution in [0.1, 0.15) is 18.6 Å². The van der Waals surface area contributed by atoms with Gasteiger partial charge < -0.3 is 4.52 Å². The predicted octanol–water partition coefficient (Wildman–Crippen LogP) is 2.08. The first-order valence-corrected chi connectivity index (χ1v) is 6.08. The molecule has 0 amide bonds. The van der Waals surface area contributed by atoms with E-state index in [2.05, 4.69) is 20.3 Å². The van der Waals surface area contributed by atoms with E-state index in [1.54, 1.807) is 0 Å². The number of rotatable bonds is 3. The standard InChI is InChI=1S/C11H10ClN5O/c1-2-8-13-11(18-16-8)7-4-3-5-17-9(6-12)14-15-10(7)17/h3-5H,2,6H2,1H3. The molecule has 0 radical (unpaired) electrons. The molecule has 0 unspecified atom stereocenters. The van der Waals surface area contributed by atoms with Crippen LogP contribution in [0.25, 0.3) is 17.1 Å². The van der Waals surface area contributed by atoms with Crippen molar-refractivity contribution in [1.82, 2.24) is 24.7 Å². The molecule has 3 aromatic heterocycles. The van der Waals surface area contributed by atoms with Crippen LogP contribution in [0, 0.1) is 0 Å². The van der Waals surface area contributed by atoms with E-state index in [0.717, 1.165) is 12.0 Å². The van der Waals surface area contributed by atoms with Crippen molar-refractivity contribution in [3.8, 4) is 11.5 Å². The normalized spacial score (nSPS) is 11.2. The summed E-state index contributed by atoms with van der Waals surface area (Å²) < 4.78 is 7.03. The number of pyridine rings is 1. The Hall–Kier alpha value is -1.95. The molecule has 0 aliphatic carbocycles. The lowest BCUT2D eigenvalue weighted by Gasteiger charge is -1.98. The minimum absolute atomic E-state index is 0.300. The first-order chi connectivity index (χ1) is 8.83. The monoisotopic (exact) mass is 263 g/mol. The summed E-state index contributed by atoms with van der Waals surface area (Å²) in [6.45, 7) is 1.97. The first-order valence-electron chi connectivity index (χ1n) is 5.55. The first kappa shape index (κ1) is 11.2. The molecule has 0 atom stereocenters. The van der Waals surface area contributed by atoms with Crippen LogP contribution >= 0.6 is 11.6 Å². The molecule has 0 saturated heterocycles. The van der Waals surface area contributed by atoms with Crippen LogP contribution in [-0.4, -0.2) is 24.7 Å². The lowest BCUT2D eigenvalue weighted by Crippen LogP contribution is -1.92. The summed E-state index contributed by atoms with van der Waals surface area (Å²) in [5.74, 6) is 2.10. The van der Waals surface area contributed by atoms with Crippen molar-refractivity contribution in [2.45, 2.75) is 19.2 Å². The zero-order valence-electron chi connectivity index (χ0n) is 9.67. The van der Waals surface area contributed by atoms with Crippen molar-refractivity contribution in [2.75, 3.05) is 0 Å². The smallest absolute Gasteiger partial charge is 0.261 e. The van der Waals surface area contributed by atoms with Crippen LogP contribution in [0.2, 0.25) is 0 Å². The van der Waals surface area contributed by atoms with Gasteiger partial charge in [0.15, 0.2) is 17.3 Å². The second kappa shape index (κ2) is 4.38. The summed E-state index contributed by atoms with van der Waals surface area (Å²) in [6.07, 6.45) is 2.58. The molecule has 0 saturated carbocycles. The van der Waals surface area contributed by atoms with Gasteiger partial charge in [0.25, 0.3) is 5.89 Å². The Morgan fingerprint density at radius 3 is 3.00 bits per heavy atom. The number of aromatic nitrogens is 5. The van der Waals surface area contributed by atoms with Gasteiger partial charge in [-0.05, 0) is 12.1 Å². The van der Waals surface area contributed by atoms with Crippen LogP contribution in [0.4, 0.5) is 0 Å². The van der Waals surface area contributed by atoms with E-state index in [1.807, 2.05) is 29.7 Å². The molecular formula is C11H10ClN5O. The molecule has 7 heteroatoms. The largest absolute Gasteiger partial charge is 0.334 e. The van der Waals surface area contributed by atoms with E-state index in [0.29, 0.717) is 29.1 Å². The Labute approximate surface area is 108 Å². The third-order valence-corrected chi connectivity index (χ3v) is 2.88. The molecule has 92 valence electrons. The number of halogens is 1. The summed E-state index contributed by atoms with van der Waals surface area (Å²) in [5.41, 5.74) is 1.42. The summed E-state index contributed by atoms with van der Waals surface area (Å²) in [5, 5.41) is 12.0. The minimum atomic E-state index is 0.300. The van der Waals surface area contributed by atoms with E-state index >= 15 is 0 Å². The molecule has 3 aromatic rings. The predicted molar refractivity (Wildman–Crippen MR) is 65.2 cm³/mol. The quantitative estimate of drug-likeness (QED) is 0.677. The van der Waals surface area contributed by atoms with Crippen molar-refractivity contribution in [2.24, 2.45) is 0 Å². The molecule has 3 rings (SSSR count). The van der Waals surface area contributed by atoms with Gasteiger partial charge in [-0.2, -0.15) is 4.98 Å². The van der Waals surface area contributed by atoms with Crippen LogP contribution in [-0.2, 0) is 12.3 Å². The molecule has 0 bridgehead atoms. The van der Waals surface area contributed by atoms with Gasteiger partial charge in [0, 0.05) is 12.6 Å². The number of hydrogen-bond donors (Lipinski definition) is 0. The Morgan fingerprint density at radius 1 is 1.39 bits per heavy atom. The summed E-state index contributed by atoms with van der Waals surface area (Å²) in [7, 11) is 0. The Bertz CT molecular complexity index is 690. The Balaban J connectivity index is 2.19. The highest BCUT2D eigenvalue weighted by molar-refractivity contribution is 6.16. The molecule has 0 aliphatic heterocycles. The number of nitrogens with zero attached hydrogens (tertiary/aromatic N) is 5. The molecular weight excluding hydrogens is 254 g/mol. The second-order valence-corrected chi connectivity index (χ2v) is 4.00. The van der Waals surface area contributed by atoms with Crippen molar-refractivity contribution < 1.29 is 4.52 Å². The number of fused-ring (bicyclic) bond motifs is 1. The van der Waals surface area contributed by atoms with E-state index in [9.17, 15) is 0 Å². The van der Waals surface area contributed by atoms with E-state index in [-0.39, 0.29) is 0 Å². The lowest BCUT2D eigenvalue weighted by atomic mass is 10.2. The molecule has 0 N–H and O–H groups in total. The third kappa shape index (κ3) is 1.65. The van der Waals surface area contributed by atoms with Gasteiger partial charge in [-0.15, -0.1) is 21.8 Å². The van der Waals surface area contributed by atoms with Crippen LogP contribution in [0.3, 0.4) is 0 Å². The molecule has 3 heterocycles. The zero-order chi connectivity index (χ0) is 12.5. The number of aryl methyl sites for hydroxylation is 1. The molecule has 0 aromatic carbocycles. The lowest BCUT2D eigenvalue weighted by molar-refractivity contribution is 0.423. The fraction of sp³-hybridized carbons (Fsp3) is 0.273. The van der Waals surface area contributed by atoms with Crippen molar-refractivity contribution in [1.29, 1.82) is 0 Å². The van der Waals surface area contributed by atoms with E-state index < -0.39 is 0 Å². The fourth-order valence-corrected chi connectivity index (χ4v) is 1.91. The van der Waals surface area contributed by atoms with E-state index in [1.165, 1.54) is 0 Å². The second-order valence-electron chi connectivity index (χ2n) is 3.73. The molecule has 18 heavy (non-hydrogen) atoms. The Kier molecular flexibility index (Phi) is 2.71. The fourth-order valence-electron chi connectivity index (χ4n) is 1.73. The van der Waals surface area contributed by atoms with Crippen LogP contribution in [0.15, 0.2) is 22.9 Å². The van der Waals surface area contributed by atoms with Gasteiger partial charge in [-0.3, -0.25) is 4.40 Å². The molecule has 0 spiro atoms. The molecule has 0 aliphatic rings. The van der Waals surface area contributed by atoms with Crippen molar-refractivity contribution >= 4 is 17.2 Å². The summed E-state index contributed by atoms with van der Waals surface area (Å²) >= 11 is 5.80. The number of alkyl halides is 1. The van der Waals surface area contributed by atoms with Crippen LogP contribution < -0.4 is 0 Å². The highest BCUT2D eigenvalue weighted by atomic mass is 35.5. The third-order valence-electron chi connectivity index (χ3n) is 2.64. The summed E-state index contributed by atoms with van der Waals surface area (Å²) in [6, 6.07) is 3.74. The highest BCUT2D eigenvalue weighted by Gasteiger charge is 2.14. The number of hydrogen-bond acceptors (Lipinski definition) is 5. The summed E-state index contributed by atoms with van der Waals surface area (Å²) in [4.78, 5) is 4.29. The zero-order valence-corrected chi connectivity index (χ0v) is 10.4. The highest BCUT2D eigenvalue weighted by Crippen LogP contribution is 2.22. The minimum Gasteiger partial charge on any atom is -0.334 e. The van der Waals surface area contributed by atoms with E-state index in [4.69, 9.17) is 16.1 Å². The maximum absolute atomic E-state index is 5.80. The van der Waals surface area contributed by atoms with Crippen molar-refractivity contribution in [3.63, 3.8) is 0 Å². The van der Waals surface area contributed by atoms with Crippen LogP contribution in [0.5, 0.6) is 0 Å². The average Bonchev–Trinajstić information content (AvgIpc) is 3.04. The average molecular weight is 264 g/mol. The maximum atomic E-state index is 5.80. The van der Waals surface area contributed by atoms with Gasteiger partial charge in [0.05, 0.1) is 11.4 Å². The van der Waals surface area contributed by atoms with Gasteiger partial charge in [-0.25, -0.2) is 0 Å².